The number of nitrogens with zero attached hydrogens (tertiary/aromatic N) is 1. The number of hydrogen-bond acceptors (Lipinski definition) is 2. The van der Waals surface area contributed by atoms with Crippen LogP contribution in [-0.4, -0.2) is 18.5 Å². The highest BCUT2D eigenvalue weighted by atomic mass is 35.5. The van der Waals surface area contributed by atoms with Gasteiger partial charge in [-0.2, -0.15) is 5.10 Å². The van der Waals surface area contributed by atoms with Gasteiger partial charge in [0.25, 0.3) is 0 Å². The molecule has 0 amide bonds. The highest BCUT2D eigenvalue weighted by Gasteiger charge is 2.37. The van der Waals surface area contributed by atoms with E-state index in [-0.39, 0.29) is 5.04 Å². The van der Waals surface area contributed by atoms with Crippen LogP contribution in [0, 0.1) is 0 Å². The summed E-state index contributed by atoms with van der Waals surface area (Å²) in [6.45, 7) is 11.6. The Morgan fingerprint density at radius 2 is 2.07 bits per heavy atom. The van der Waals surface area contributed by atoms with E-state index in [0.717, 1.165) is 5.69 Å². The molecule has 0 atom stereocenters. The van der Waals surface area contributed by atoms with Crippen LogP contribution < -0.4 is 0 Å². The summed E-state index contributed by atoms with van der Waals surface area (Å²) in [5.41, 5.74) is 0.862. The molecule has 1 N–H and O–H groups in total. The number of aromatic nitrogens is 2. The third kappa shape index (κ3) is 3.06. The summed E-state index contributed by atoms with van der Waals surface area (Å²) >= 11 is 5.92. The number of nitrogens with one attached hydrogen (secondary N) is 1. The van der Waals surface area contributed by atoms with Crippen molar-refractivity contribution in [3.63, 3.8) is 0 Å². The lowest BCUT2D eigenvalue weighted by Crippen LogP contribution is -2.40. The van der Waals surface area contributed by atoms with E-state index >= 15 is 0 Å². The number of rotatable bonds is 3. The topological polar surface area (TPSA) is 37.9 Å². The second kappa shape index (κ2) is 4.27. The lowest BCUT2D eigenvalue weighted by Gasteiger charge is -2.35. The van der Waals surface area contributed by atoms with Crippen LogP contribution >= 0.6 is 11.6 Å². The van der Waals surface area contributed by atoms with E-state index in [1.54, 1.807) is 6.20 Å². The second-order valence-corrected chi connectivity index (χ2v) is 10.5. The molecule has 3 nitrogen and oxygen atoms in total. The fraction of sp³-hybridized carbons (Fsp3) is 0.700. The van der Waals surface area contributed by atoms with Gasteiger partial charge in [-0.3, -0.25) is 5.10 Å². The van der Waals surface area contributed by atoms with E-state index in [1.165, 1.54) is 0 Å². The first-order valence-electron chi connectivity index (χ1n) is 5.06. The third-order valence-corrected chi connectivity index (χ3v) is 7.85. The molecule has 0 aliphatic carbocycles. The normalized spacial score (nSPS) is 13.2. The van der Waals surface area contributed by atoms with Gasteiger partial charge in [0.05, 0.1) is 23.5 Å². The van der Waals surface area contributed by atoms with Crippen molar-refractivity contribution in [1.29, 1.82) is 0 Å². The number of hydrogen-bond donors (Lipinski definition) is 1. The van der Waals surface area contributed by atoms with Crippen molar-refractivity contribution < 1.29 is 4.43 Å². The van der Waals surface area contributed by atoms with Gasteiger partial charge in [-0.1, -0.05) is 32.4 Å². The maximum atomic E-state index is 6.00. The largest absolute Gasteiger partial charge is 0.411 e. The molecule has 0 saturated carbocycles. The Kier molecular flexibility index (Phi) is 3.63. The Balaban J connectivity index is 2.61. The van der Waals surface area contributed by atoms with Gasteiger partial charge in [-0.15, -0.1) is 0 Å². The Hall–Kier alpha value is -0.323. The van der Waals surface area contributed by atoms with E-state index in [2.05, 4.69) is 44.1 Å². The molecule has 0 aliphatic rings. The molecule has 0 spiro atoms. The monoisotopic (exact) mass is 246 g/mol. The van der Waals surface area contributed by atoms with E-state index < -0.39 is 8.32 Å². The van der Waals surface area contributed by atoms with Crippen LogP contribution in [-0.2, 0) is 11.0 Å². The Morgan fingerprint density at radius 1 is 1.47 bits per heavy atom. The Bertz CT molecular complexity index is 330. The quantitative estimate of drug-likeness (QED) is 0.828. The molecule has 1 rings (SSSR count). The predicted octanol–water partition coefficient (Wildman–Crippen LogP) is 3.58. The molecule has 1 aromatic rings. The first kappa shape index (κ1) is 12.7. The van der Waals surface area contributed by atoms with Crippen LogP contribution in [0.4, 0.5) is 0 Å². The zero-order valence-electron chi connectivity index (χ0n) is 10.0. The van der Waals surface area contributed by atoms with Crippen LogP contribution in [0.25, 0.3) is 0 Å². The molecular weight excluding hydrogens is 228 g/mol. The van der Waals surface area contributed by atoms with Gasteiger partial charge in [0, 0.05) is 0 Å². The minimum atomic E-state index is -1.69. The van der Waals surface area contributed by atoms with Gasteiger partial charge in [0.15, 0.2) is 8.32 Å². The van der Waals surface area contributed by atoms with Crippen LogP contribution in [0.5, 0.6) is 0 Å². The van der Waals surface area contributed by atoms with Crippen molar-refractivity contribution >= 4 is 19.9 Å². The van der Waals surface area contributed by atoms with Gasteiger partial charge in [-0.25, -0.2) is 0 Å². The maximum Gasteiger partial charge on any atom is 0.192 e. The van der Waals surface area contributed by atoms with Crippen molar-refractivity contribution in [2.75, 3.05) is 0 Å². The zero-order chi connectivity index (χ0) is 11.7. The molecule has 1 heterocycles. The van der Waals surface area contributed by atoms with Crippen molar-refractivity contribution in [1.82, 2.24) is 10.2 Å². The standard InChI is InChI=1S/C10H19ClN2OSi/c1-10(2,3)15(4,5)14-7-9-8(11)6-12-13-9/h6H,7H2,1-5H3,(H,12,13). The Morgan fingerprint density at radius 3 is 2.47 bits per heavy atom. The lowest BCUT2D eigenvalue weighted by atomic mass is 10.2. The van der Waals surface area contributed by atoms with Gasteiger partial charge in [-0.05, 0) is 18.1 Å². The van der Waals surface area contributed by atoms with Crippen molar-refractivity contribution in [3.8, 4) is 0 Å². The molecule has 15 heavy (non-hydrogen) atoms. The van der Waals surface area contributed by atoms with Gasteiger partial charge >= 0.3 is 0 Å². The van der Waals surface area contributed by atoms with Crippen molar-refractivity contribution in [3.05, 3.63) is 16.9 Å². The molecular formula is C10H19ClN2OSi. The number of H-pyrrole nitrogens is 1. The second-order valence-electron chi connectivity index (χ2n) is 5.25. The number of halogens is 1. The lowest BCUT2D eigenvalue weighted by molar-refractivity contribution is 0.272. The van der Waals surface area contributed by atoms with Crippen molar-refractivity contribution in [2.24, 2.45) is 0 Å². The van der Waals surface area contributed by atoms with E-state index in [0.29, 0.717) is 11.6 Å². The van der Waals surface area contributed by atoms with Crippen LogP contribution in [0.3, 0.4) is 0 Å². The molecule has 0 radical (unpaired) electrons. The molecule has 0 aliphatic heterocycles. The summed E-state index contributed by atoms with van der Waals surface area (Å²) in [6, 6.07) is 0. The minimum absolute atomic E-state index is 0.222. The van der Waals surface area contributed by atoms with Crippen LogP contribution in [0.1, 0.15) is 26.5 Å². The maximum absolute atomic E-state index is 6.00. The average Bonchev–Trinajstić information content (AvgIpc) is 2.46. The fourth-order valence-corrected chi connectivity index (χ4v) is 1.95. The SMILES string of the molecule is CC(C)(C)[Si](C)(C)OCc1[nH]ncc1Cl. The van der Waals surface area contributed by atoms with Crippen LogP contribution in [0.2, 0.25) is 23.2 Å². The van der Waals surface area contributed by atoms with Gasteiger partial charge < -0.3 is 4.43 Å². The summed E-state index contributed by atoms with van der Waals surface area (Å²) in [5.74, 6) is 0. The molecule has 0 bridgehead atoms. The first-order chi connectivity index (χ1) is 6.74. The molecule has 1 aromatic heterocycles. The summed E-state index contributed by atoms with van der Waals surface area (Å²) in [7, 11) is -1.69. The Labute approximate surface area is 97.3 Å². The summed E-state index contributed by atoms with van der Waals surface area (Å²) < 4.78 is 6.00. The summed E-state index contributed by atoms with van der Waals surface area (Å²) in [4.78, 5) is 0. The molecule has 0 unspecified atom stereocenters. The van der Waals surface area contributed by atoms with E-state index in [9.17, 15) is 0 Å². The smallest absolute Gasteiger partial charge is 0.192 e. The highest BCUT2D eigenvalue weighted by Crippen LogP contribution is 2.37. The molecule has 0 saturated heterocycles. The molecule has 86 valence electrons. The summed E-state index contributed by atoms with van der Waals surface area (Å²) in [6.07, 6.45) is 1.60. The van der Waals surface area contributed by atoms with Crippen LogP contribution in [0.15, 0.2) is 6.20 Å². The zero-order valence-corrected chi connectivity index (χ0v) is 11.8. The first-order valence-corrected chi connectivity index (χ1v) is 8.34. The number of aromatic amines is 1. The molecule has 5 heteroatoms. The van der Waals surface area contributed by atoms with Gasteiger partial charge in [0.2, 0.25) is 0 Å². The molecule has 0 aromatic carbocycles. The van der Waals surface area contributed by atoms with E-state index in [1.807, 2.05) is 0 Å². The van der Waals surface area contributed by atoms with E-state index in [4.69, 9.17) is 16.0 Å². The highest BCUT2D eigenvalue weighted by molar-refractivity contribution is 6.74. The summed E-state index contributed by atoms with van der Waals surface area (Å²) in [5, 5.41) is 7.58. The fourth-order valence-electron chi connectivity index (χ4n) is 0.869. The predicted molar refractivity (Wildman–Crippen MR) is 65.6 cm³/mol. The minimum Gasteiger partial charge on any atom is -0.411 e. The van der Waals surface area contributed by atoms with Gasteiger partial charge in [0.1, 0.15) is 0 Å². The van der Waals surface area contributed by atoms with Crippen molar-refractivity contribution in [2.45, 2.75) is 45.5 Å². The average molecular weight is 247 g/mol. The third-order valence-electron chi connectivity index (χ3n) is 3.05. The molecule has 0 fully saturated rings.